The van der Waals surface area contributed by atoms with E-state index in [1.165, 1.54) is 0 Å². The lowest BCUT2D eigenvalue weighted by atomic mass is 9.98. The quantitative estimate of drug-likeness (QED) is 0.771. The zero-order valence-corrected chi connectivity index (χ0v) is 9.81. The van der Waals surface area contributed by atoms with Crippen molar-refractivity contribution in [3.63, 3.8) is 0 Å². The van der Waals surface area contributed by atoms with E-state index >= 15 is 0 Å². The van der Waals surface area contributed by atoms with Gasteiger partial charge in [0.25, 0.3) is 0 Å². The molecule has 0 saturated carbocycles. The first-order valence-electron chi connectivity index (χ1n) is 5.32. The van der Waals surface area contributed by atoms with Crippen molar-refractivity contribution in [2.24, 2.45) is 0 Å². The molecule has 0 fully saturated rings. The number of rotatable bonds is 1. The number of aromatic nitrogens is 1. The van der Waals surface area contributed by atoms with E-state index in [1.807, 2.05) is 30.3 Å². The minimum absolute atomic E-state index is 0.167. The summed E-state index contributed by atoms with van der Waals surface area (Å²) >= 11 is 0. The van der Waals surface area contributed by atoms with E-state index < -0.39 is 0 Å². The summed E-state index contributed by atoms with van der Waals surface area (Å²) in [6, 6.07) is 11.4. The second-order valence-electron chi connectivity index (χ2n) is 3.77. The molecule has 2 aromatic rings. The van der Waals surface area contributed by atoms with Crippen LogP contribution in [0, 0.1) is 24.8 Å². The summed E-state index contributed by atoms with van der Waals surface area (Å²) in [5.74, 6) is 0.167. The van der Waals surface area contributed by atoms with Gasteiger partial charge in [0.2, 0.25) is 5.69 Å². The molecule has 0 aliphatic carbocycles. The molecule has 1 heterocycles. The third kappa shape index (κ3) is 1.77. The monoisotopic (exact) mass is 234 g/mol. The minimum Gasteiger partial charge on any atom is -0.392 e. The highest BCUT2D eigenvalue weighted by molar-refractivity contribution is 5.89. The average Bonchev–Trinajstić information content (AvgIpc) is 2.39. The number of hydrogen-bond donors (Lipinski definition) is 1. The second kappa shape index (κ2) is 4.57. The molecule has 1 aromatic heterocycles. The lowest BCUT2D eigenvalue weighted by molar-refractivity contribution is 1.20. The largest absolute Gasteiger partial charge is 0.392 e. The Hall–Kier alpha value is -2.85. The van der Waals surface area contributed by atoms with Gasteiger partial charge in [0.15, 0.2) is 0 Å². The van der Waals surface area contributed by atoms with Crippen molar-refractivity contribution in [1.29, 1.82) is 5.26 Å². The van der Waals surface area contributed by atoms with Crippen molar-refractivity contribution >= 4 is 11.5 Å². The molecule has 2 rings (SSSR count). The van der Waals surface area contributed by atoms with Gasteiger partial charge in [0.1, 0.15) is 11.9 Å². The molecule has 2 N–H and O–H groups in total. The molecule has 0 atom stereocenters. The number of nitrogens with two attached hydrogens (primary N) is 1. The van der Waals surface area contributed by atoms with Crippen LogP contribution in [0.25, 0.3) is 16.0 Å². The van der Waals surface area contributed by atoms with Crippen molar-refractivity contribution in [2.45, 2.75) is 6.92 Å². The maximum atomic E-state index is 9.24. The average molecular weight is 234 g/mol. The molecule has 0 saturated heterocycles. The third-order valence-corrected chi connectivity index (χ3v) is 2.67. The molecule has 0 aliphatic heterocycles. The van der Waals surface area contributed by atoms with E-state index in [2.05, 4.69) is 15.9 Å². The van der Waals surface area contributed by atoms with Crippen LogP contribution in [0.4, 0.5) is 11.5 Å². The first-order valence-corrected chi connectivity index (χ1v) is 5.32. The van der Waals surface area contributed by atoms with Crippen LogP contribution in [0.1, 0.15) is 11.3 Å². The molecule has 4 nitrogen and oxygen atoms in total. The Bertz CT molecular complexity index is 637. The zero-order chi connectivity index (χ0) is 13.1. The van der Waals surface area contributed by atoms with Crippen LogP contribution >= 0.6 is 0 Å². The van der Waals surface area contributed by atoms with Gasteiger partial charge >= 0.3 is 0 Å². The molecule has 0 amide bonds. The predicted octanol–water partition coefficient (Wildman–Crippen LogP) is 3.06. The van der Waals surface area contributed by atoms with Gasteiger partial charge in [-0.05, 0) is 12.5 Å². The van der Waals surface area contributed by atoms with E-state index in [-0.39, 0.29) is 11.5 Å². The highest BCUT2D eigenvalue weighted by Crippen LogP contribution is 2.37. The van der Waals surface area contributed by atoms with E-state index in [0.717, 1.165) is 5.56 Å². The fraction of sp³-hybridized carbons (Fsp3) is 0.0714. The maximum absolute atomic E-state index is 9.24. The number of pyridine rings is 1. The molecular formula is C14H10N4. The normalized spacial score (nSPS) is 9.50. The van der Waals surface area contributed by atoms with Crippen LogP contribution in [0.15, 0.2) is 30.3 Å². The number of benzene rings is 1. The maximum Gasteiger partial charge on any atom is 0.236 e. The number of aryl methyl sites for hydroxylation is 1. The Labute approximate surface area is 105 Å². The Morgan fingerprint density at radius 3 is 2.56 bits per heavy atom. The fourth-order valence-corrected chi connectivity index (χ4v) is 1.85. The number of nitrogen functional groups attached to an aromatic ring is 1. The van der Waals surface area contributed by atoms with Crippen molar-refractivity contribution in [3.05, 3.63) is 53.0 Å². The SMILES string of the molecule is [C-]#[N+]c1c(N)nc(C)c(C#N)c1-c1ccccc1. The van der Waals surface area contributed by atoms with E-state index in [9.17, 15) is 5.26 Å². The summed E-state index contributed by atoms with van der Waals surface area (Å²) in [6.45, 7) is 8.93. The molecule has 0 radical (unpaired) electrons. The van der Waals surface area contributed by atoms with E-state index in [1.54, 1.807) is 6.92 Å². The molecule has 18 heavy (non-hydrogen) atoms. The molecule has 0 bridgehead atoms. The van der Waals surface area contributed by atoms with E-state index in [4.69, 9.17) is 12.3 Å². The van der Waals surface area contributed by atoms with Crippen molar-refractivity contribution in [3.8, 4) is 17.2 Å². The van der Waals surface area contributed by atoms with Crippen LogP contribution in [0.5, 0.6) is 0 Å². The van der Waals surface area contributed by atoms with Gasteiger partial charge in [0.05, 0.1) is 17.8 Å². The van der Waals surface area contributed by atoms with Crippen LogP contribution in [-0.2, 0) is 0 Å². The molecule has 0 spiro atoms. The highest BCUT2D eigenvalue weighted by atomic mass is 14.9. The predicted molar refractivity (Wildman–Crippen MR) is 69.8 cm³/mol. The topological polar surface area (TPSA) is 67.1 Å². The Balaban J connectivity index is 2.89. The molecule has 4 heteroatoms. The Kier molecular flexibility index (Phi) is 2.95. The molecule has 0 unspecified atom stereocenters. The van der Waals surface area contributed by atoms with E-state index in [0.29, 0.717) is 16.8 Å². The lowest BCUT2D eigenvalue weighted by Gasteiger charge is -2.11. The van der Waals surface area contributed by atoms with Crippen LogP contribution in [-0.4, -0.2) is 4.98 Å². The van der Waals surface area contributed by atoms with Crippen molar-refractivity contribution in [1.82, 2.24) is 4.98 Å². The standard InChI is InChI=1S/C14H10N4/c1-9-11(8-15)12(10-6-4-3-5-7-10)13(17-2)14(16)18-9/h3-7H,1H3,(H2,16,18). The summed E-state index contributed by atoms with van der Waals surface area (Å²) in [5, 5.41) is 9.24. The molecule has 86 valence electrons. The first-order chi connectivity index (χ1) is 8.69. The highest BCUT2D eigenvalue weighted by Gasteiger charge is 2.17. The number of nitrogens with zero attached hydrogens (tertiary/aromatic N) is 3. The van der Waals surface area contributed by atoms with Gasteiger partial charge in [0, 0.05) is 5.56 Å². The summed E-state index contributed by atoms with van der Waals surface area (Å²) in [7, 11) is 0. The van der Waals surface area contributed by atoms with Crippen molar-refractivity contribution < 1.29 is 0 Å². The second-order valence-corrected chi connectivity index (χ2v) is 3.77. The van der Waals surface area contributed by atoms with Gasteiger partial charge in [-0.15, -0.1) is 0 Å². The molecular weight excluding hydrogens is 224 g/mol. The Morgan fingerprint density at radius 2 is 2.00 bits per heavy atom. The van der Waals surface area contributed by atoms with Gasteiger partial charge < -0.3 is 5.73 Å². The van der Waals surface area contributed by atoms with Crippen LogP contribution in [0.2, 0.25) is 0 Å². The number of hydrogen-bond acceptors (Lipinski definition) is 3. The number of anilines is 1. The summed E-state index contributed by atoms with van der Waals surface area (Å²) < 4.78 is 0. The summed E-state index contributed by atoms with van der Waals surface area (Å²) in [5.41, 5.74) is 8.32. The van der Waals surface area contributed by atoms with Gasteiger partial charge in [-0.25, -0.2) is 9.83 Å². The number of nitriles is 1. The van der Waals surface area contributed by atoms with Gasteiger partial charge in [-0.1, -0.05) is 30.3 Å². The van der Waals surface area contributed by atoms with Gasteiger partial charge in [-0.3, -0.25) is 0 Å². The smallest absolute Gasteiger partial charge is 0.236 e. The van der Waals surface area contributed by atoms with Crippen LogP contribution in [0.3, 0.4) is 0 Å². The molecule has 0 aliphatic rings. The third-order valence-electron chi connectivity index (χ3n) is 2.67. The zero-order valence-electron chi connectivity index (χ0n) is 9.81. The Morgan fingerprint density at radius 1 is 1.33 bits per heavy atom. The molecule has 1 aromatic carbocycles. The minimum atomic E-state index is 0.167. The summed E-state index contributed by atoms with van der Waals surface area (Å²) in [6.07, 6.45) is 0. The lowest BCUT2D eigenvalue weighted by Crippen LogP contribution is -1.99. The fourth-order valence-electron chi connectivity index (χ4n) is 1.85. The van der Waals surface area contributed by atoms with Crippen molar-refractivity contribution in [2.75, 3.05) is 5.73 Å². The summed E-state index contributed by atoms with van der Waals surface area (Å²) in [4.78, 5) is 7.45. The first kappa shape index (κ1) is 11.6. The van der Waals surface area contributed by atoms with Gasteiger partial charge in [-0.2, -0.15) is 5.26 Å². The van der Waals surface area contributed by atoms with Crippen LogP contribution < -0.4 is 5.73 Å².